The molecule has 0 radical (unpaired) electrons. The zero-order chi connectivity index (χ0) is 22.5. The van der Waals surface area contributed by atoms with Gasteiger partial charge in [0.2, 0.25) is 5.91 Å². The van der Waals surface area contributed by atoms with Gasteiger partial charge in [-0.15, -0.1) is 5.10 Å². The van der Waals surface area contributed by atoms with Crippen molar-refractivity contribution in [2.75, 3.05) is 14.2 Å². The van der Waals surface area contributed by atoms with E-state index in [-0.39, 0.29) is 11.2 Å². The van der Waals surface area contributed by atoms with Crippen LogP contribution in [0.15, 0.2) is 70.9 Å². The van der Waals surface area contributed by atoms with E-state index < -0.39 is 0 Å². The van der Waals surface area contributed by atoms with Gasteiger partial charge >= 0.3 is 0 Å². The first-order valence-electron chi connectivity index (χ1n) is 10.4. The molecule has 1 aliphatic rings. The minimum atomic E-state index is -0.139. The molecule has 32 heavy (non-hydrogen) atoms. The summed E-state index contributed by atoms with van der Waals surface area (Å²) in [5.41, 5.74) is 1.92. The van der Waals surface area contributed by atoms with E-state index in [1.54, 1.807) is 25.3 Å². The van der Waals surface area contributed by atoms with Gasteiger partial charge in [-0.05, 0) is 46.5 Å². The number of fused-ring (bicyclic) bond motifs is 1. The summed E-state index contributed by atoms with van der Waals surface area (Å²) in [6.07, 6.45) is 2.39. The van der Waals surface area contributed by atoms with Crippen LogP contribution in [0.2, 0.25) is 0 Å². The van der Waals surface area contributed by atoms with Crippen LogP contribution < -0.4 is 9.47 Å². The molecule has 7 heteroatoms. The molecule has 1 amide bonds. The summed E-state index contributed by atoms with van der Waals surface area (Å²) < 4.78 is 10.6. The molecule has 0 spiro atoms. The number of ether oxygens (including phenoxy) is 2. The zero-order valence-corrected chi connectivity index (χ0v) is 19.1. The molecule has 4 rings (SSSR count). The Bertz CT molecular complexity index is 1190. The highest BCUT2D eigenvalue weighted by atomic mass is 32.2. The Kier molecular flexibility index (Phi) is 6.75. The van der Waals surface area contributed by atoms with Gasteiger partial charge in [0.15, 0.2) is 16.7 Å². The van der Waals surface area contributed by atoms with Gasteiger partial charge in [0.25, 0.3) is 0 Å². The Labute approximate surface area is 191 Å². The number of hydrogen-bond donors (Lipinski definition) is 0. The number of amides is 1. The summed E-state index contributed by atoms with van der Waals surface area (Å²) in [6, 6.07) is 19.9. The van der Waals surface area contributed by atoms with Gasteiger partial charge in [0.05, 0.1) is 32.2 Å². The molecule has 1 aliphatic heterocycles. The minimum Gasteiger partial charge on any atom is -0.493 e. The fourth-order valence-electron chi connectivity index (χ4n) is 3.67. The first-order valence-corrected chi connectivity index (χ1v) is 11.3. The second-order valence-corrected chi connectivity index (χ2v) is 8.49. The molecule has 0 saturated carbocycles. The smallest absolute Gasteiger partial charge is 0.242 e. The van der Waals surface area contributed by atoms with Crippen LogP contribution >= 0.6 is 11.8 Å². The first-order chi connectivity index (χ1) is 15.6. The summed E-state index contributed by atoms with van der Waals surface area (Å²) in [4.78, 5) is 14.8. The van der Waals surface area contributed by atoms with Gasteiger partial charge in [-0.25, -0.2) is 0 Å². The maximum Gasteiger partial charge on any atom is 0.242 e. The Balaban J connectivity index is 1.60. The van der Waals surface area contributed by atoms with Crippen LogP contribution in [0.25, 0.3) is 10.8 Å². The maximum atomic E-state index is 13.0. The van der Waals surface area contributed by atoms with Crippen molar-refractivity contribution in [2.45, 2.75) is 25.1 Å². The average molecular weight is 448 g/mol. The van der Waals surface area contributed by atoms with Crippen LogP contribution in [0.1, 0.15) is 24.5 Å². The number of rotatable bonds is 7. The van der Waals surface area contributed by atoms with E-state index >= 15 is 0 Å². The molecule has 0 N–H and O–H groups in total. The molecular formula is C25H25N3O3S. The summed E-state index contributed by atoms with van der Waals surface area (Å²) >= 11 is 1.47. The molecule has 3 aromatic rings. The number of carbonyl (C=O) groups excluding carboxylic acids is 1. The number of thioether (sulfide) groups is 1. The van der Waals surface area contributed by atoms with Crippen LogP contribution in [0.3, 0.4) is 0 Å². The number of amidine groups is 1. The van der Waals surface area contributed by atoms with Gasteiger partial charge in [-0.2, -0.15) is 5.10 Å². The first kappa shape index (κ1) is 21.9. The van der Waals surface area contributed by atoms with Gasteiger partial charge in [-0.3, -0.25) is 9.69 Å². The highest BCUT2D eigenvalue weighted by Crippen LogP contribution is 2.32. The third kappa shape index (κ3) is 4.48. The Morgan fingerprint density at radius 3 is 2.59 bits per heavy atom. The van der Waals surface area contributed by atoms with Crippen molar-refractivity contribution in [2.24, 2.45) is 10.2 Å². The normalized spacial score (nSPS) is 17.6. The second kappa shape index (κ2) is 9.87. The summed E-state index contributed by atoms with van der Waals surface area (Å²) in [6.45, 7) is 2.48. The lowest BCUT2D eigenvalue weighted by molar-refractivity contribution is -0.126. The Morgan fingerprint density at radius 2 is 1.81 bits per heavy atom. The fraction of sp³-hybridized carbons (Fsp3) is 0.240. The van der Waals surface area contributed by atoms with Crippen molar-refractivity contribution < 1.29 is 14.3 Å². The largest absolute Gasteiger partial charge is 0.493 e. The standard InChI is InChI=1S/C25H25N3O3S/c1-4-23-24(29)28(16-19-10-7-9-18-8-5-6-11-20(18)19)25(32-23)27-26-15-17-12-13-21(30-2)22(14-17)31-3/h5-15,23H,4,16H2,1-3H3. The SMILES string of the molecule is CCC1SC(=NN=Cc2ccc(OC)c(OC)c2)N(Cc2cccc3ccccc23)C1=O. The van der Waals surface area contributed by atoms with Crippen molar-refractivity contribution in [3.8, 4) is 11.5 Å². The number of methoxy groups -OCH3 is 2. The molecule has 0 aliphatic carbocycles. The zero-order valence-electron chi connectivity index (χ0n) is 18.3. The third-order valence-corrected chi connectivity index (χ3v) is 6.69. The molecule has 0 aromatic heterocycles. The van der Waals surface area contributed by atoms with Gasteiger partial charge in [0.1, 0.15) is 0 Å². The van der Waals surface area contributed by atoms with Crippen molar-refractivity contribution in [3.63, 3.8) is 0 Å². The van der Waals surface area contributed by atoms with Crippen molar-refractivity contribution in [1.82, 2.24) is 4.90 Å². The van der Waals surface area contributed by atoms with E-state index in [9.17, 15) is 4.79 Å². The molecular weight excluding hydrogens is 422 g/mol. The summed E-state index contributed by atoms with van der Waals surface area (Å²) in [7, 11) is 3.19. The molecule has 6 nitrogen and oxygen atoms in total. The van der Waals surface area contributed by atoms with E-state index in [4.69, 9.17) is 9.47 Å². The highest BCUT2D eigenvalue weighted by Gasteiger charge is 2.37. The molecule has 1 saturated heterocycles. The van der Waals surface area contributed by atoms with E-state index in [1.807, 2.05) is 43.3 Å². The average Bonchev–Trinajstić information content (AvgIpc) is 3.13. The van der Waals surface area contributed by atoms with E-state index in [1.165, 1.54) is 11.8 Å². The lowest BCUT2D eigenvalue weighted by Gasteiger charge is -2.17. The van der Waals surface area contributed by atoms with Crippen molar-refractivity contribution in [3.05, 3.63) is 71.8 Å². The van der Waals surface area contributed by atoms with Crippen LogP contribution in [0, 0.1) is 0 Å². The highest BCUT2D eigenvalue weighted by molar-refractivity contribution is 8.15. The molecule has 0 bridgehead atoms. The second-order valence-electron chi connectivity index (χ2n) is 7.32. The maximum absolute atomic E-state index is 13.0. The van der Waals surface area contributed by atoms with Crippen LogP contribution in [-0.2, 0) is 11.3 Å². The molecule has 1 atom stereocenters. The van der Waals surface area contributed by atoms with Crippen molar-refractivity contribution >= 4 is 39.8 Å². The predicted molar refractivity (Wildman–Crippen MR) is 131 cm³/mol. The fourth-order valence-corrected chi connectivity index (χ4v) is 4.69. The van der Waals surface area contributed by atoms with Crippen LogP contribution in [0.5, 0.6) is 11.5 Å². The van der Waals surface area contributed by atoms with Crippen LogP contribution in [0.4, 0.5) is 0 Å². The number of hydrogen-bond acceptors (Lipinski definition) is 6. The molecule has 1 heterocycles. The monoisotopic (exact) mass is 447 g/mol. The predicted octanol–water partition coefficient (Wildman–Crippen LogP) is 5.10. The summed E-state index contributed by atoms with van der Waals surface area (Å²) in [5, 5.41) is 11.4. The minimum absolute atomic E-state index is 0.0745. The van der Waals surface area contributed by atoms with Crippen LogP contribution in [-0.4, -0.2) is 41.7 Å². The Morgan fingerprint density at radius 1 is 1.03 bits per heavy atom. The quantitative estimate of drug-likeness (QED) is 0.373. The topological polar surface area (TPSA) is 63.5 Å². The van der Waals surface area contributed by atoms with Gasteiger partial charge in [0, 0.05) is 0 Å². The van der Waals surface area contributed by atoms with Crippen molar-refractivity contribution in [1.29, 1.82) is 0 Å². The van der Waals surface area contributed by atoms with Gasteiger partial charge in [-0.1, -0.05) is 61.2 Å². The lowest BCUT2D eigenvalue weighted by atomic mass is 10.0. The molecule has 164 valence electrons. The van der Waals surface area contributed by atoms with E-state index in [0.29, 0.717) is 23.2 Å². The number of carbonyl (C=O) groups is 1. The van der Waals surface area contributed by atoms with E-state index in [2.05, 4.69) is 34.5 Å². The Hall–Kier alpha value is -3.32. The van der Waals surface area contributed by atoms with E-state index in [0.717, 1.165) is 28.3 Å². The number of benzene rings is 3. The molecule has 1 unspecified atom stereocenters. The third-order valence-electron chi connectivity index (χ3n) is 5.36. The van der Waals surface area contributed by atoms with Gasteiger partial charge < -0.3 is 9.47 Å². The molecule has 3 aromatic carbocycles. The number of nitrogens with zero attached hydrogens (tertiary/aromatic N) is 3. The summed E-state index contributed by atoms with van der Waals surface area (Å²) in [5.74, 6) is 1.35. The lowest BCUT2D eigenvalue weighted by Crippen LogP contribution is -2.31. The molecule has 1 fully saturated rings.